The predicted octanol–water partition coefficient (Wildman–Crippen LogP) is 2.50. The summed E-state index contributed by atoms with van der Waals surface area (Å²) in [4.78, 5) is 24.5. The Kier molecular flexibility index (Phi) is 4.41. The molecule has 0 unspecified atom stereocenters. The van der Waals surface area contributed by atoms with Crippen LogP contribution in [0.1, 0.15) is 31.8 Å². The fourth-order valence-electron chi connectivity index (χ4n) is 1.97. The van der Waals surface area contributed by atoms with Crippen molar-refractivity contribution in [2.24, 2.45) is 11.5 Å². The van der Waals surface area contributed by atoms with Crippen molar-refractivity contribution in [1.82, 2.24) is 0 Å². The Bertz CT molecular complexity index is 676. The quantitative estimate of drug-likeness (QED) is 0.670. The number of nitrogens with two attached hydrogens (primary N) is 2. The van der Waals surface area contributed by atoms with E-state index in [0.29, 0.717) is 11.1 Å². The normalized spacial score (nSPS) is 11.7. The van der Waals surface area contributed by atoms with Crippen molar-refractivity contribution >= 4 is 11.6 Å². The molecule has 4 heteroatoms. The summed E-state index contributed by atoms with van der Waals surface area (Å²) in [6.45, 7) is 3.84. The topological polar surface area (TPSA) is 86.2 Å². The second kappa shape index (κ2) is 6.26. The predicted molar refractivity (Wildman–Crippen MR) is 86.4 cm³/mol. The lowest BCUT2D eigenvalue weighted by Gasteiger charge is -2.07. The van der Waals surface area contributed by atoms with Gasteiger partial charge in [-0.15, -0.1) is 0 Å². The Morgan fingerprint density at radius 2 is 0.909 bits per heavy atom. The second-order valence-electron chi connectivity index (χ2n) is 5.22. The molecule has 0 heterocycles. The van der Waals surface area contributed by atoms with Crippen LogP contribution in [-0.2, 0) is 0 Å². The number of allylic oxidation sites excluding steroid dienone is 2. The Labute approximate surface area is 129 Å². The summed E-state index contributed by atoms with van der Waals surface area (Å²) < 4.78 is 0. The zero-order valence-electron chi connectivity index (χ0n) is 12.6. The average Bonchev–Trinajstić information content (AvgIpc) is 2.53. The first-order valence-corrected chi connectivity index (χ1v) is 6.88. The smallest absolute Gasteiger partial charge is 0.210 e. The van der Waals surface area contributed by atoms with Gasteiger partial charge in [-0.3, -0.25) is 9.59 Å². The fourth-order valence-corrected chi connectivity index (χ4v) is 1.97. The molecule has 0 bridgehead atoms. The highest BCUT2D eigenvalue weighted by Crippen LogP contribution is 2.12. The van der Waals surface area contributed by atoms with Crippen molar-refractivity contribution in [2.45, 2.75) is 13.8 Å². The molecule has 4 N–H and O–H groups in total. The Morgan fingerprint density at radius 3 is 1.18 bits per heavy atom. The number of carbonyl (C=O) groups excluding carboxylic acids is 2. The van der Waals surface area contributed by atoms with Gasteiger partial charge in [-0.25, -0.2) is 0 Å². The number of hydrogen-bond acceptors (Lipinski definition) is 4. The van der Waals surface area contributed by atoms with Gasteiger partial charge in [-0.05, 0) is 13.8 Å². The number of hydrogen-bond donors (Lipinski definition) is 2. The monoisotopic (exact) mass is 294 g/mol. The van der Waals surface area contributed by atoms with E-state index >= 15 is 0 Å². The average molecular weight is 294 g/mol. The van der Waals surface area contributed by atoms with E-state index in [1.807, 2.05) is 13.8 Å². The van der Waals surface area contributed by atoms with Crippen molar-refractivity contribution in [3.63, 3.8) is 0 Å². The third-order valence-electron chi connectivity index (χ3n) is 3.41. The molecule has 0 aliphatic rings. The molecular weight excluding hydrogens is 276 g/mol. The highest BCUT2D eigenvalue weighted by Gasteiger charge is 2.18. The van der Waals surface area contributed by atoms with Crippen LogP contribution in [0, 0.1) is 13.8 Å². The Morgan fingerprint density at radius 1 is 0.636 bits per heavy atom. The SMILES string of the molecule is Cc1ccc(C(=O)/C(N)=C(\N)C(=O)c2ccc(C)cc2)cc1. The summed E-state index contributed by atoms with van der Waals surface area (Å²) in [6.07, 6.45) is 0. The molecule has 2 aromatic rings. The van der Waals surface area contributed by atoms with Gasteiger partial charge < -0.3 is 11.5 Å². The highest BCUT2D eigenvalue weighted by molar-refractivity contribution is 6.16. The minimum absolute atomic E-state index is 0.227. The van der Waals surface area contributed by atoms with E-state index in [4.69, 9.17) is 11.5 Å². The summed E-state index contributed by atoms with van der Waals surface area (Å²) in [6, 6.07) is 13.9. The second-order valence-corrected chi connectivity index (χ2v) is 5.22. The van der Waals surface area contributed by atoms with E-state index in [2.05, 4.69) is 0 Å². The maximum atomic E-state index is 12.3. The maximum Gasteiger partial charge on any atom is 0.210 e. The van der Waals surface area contributed by atoms with E-state index in [0.717, 1.165) is 11.1 Å². The van der Waals surface area contributed by atoms with Gasteiger partial charge in [0.2, 0.25) is 11.6 Å². The van der Waals surface area contributed by atoms with Gasteiger partial charge >= 0.3 is 0 Å². The molecule has 0 atom stereocenters. The van der Waals surface area contributed by atoms with Crippen molar-refractivity contribution in [1.29, 1.82) is 0 Å². The van der Waals surface area contributed by atoms with E-state index in [9.17, 15) is 9.59 Å². The van der Waals surface area contributed by atoms with Crippen molar-refractivity contribution in [3.8, 4) is 0 Å². The van der Waals surface area contributed by atoms with Gasteiger partial charge in [0.25, 0.3) is 0 Å². The molecule has 0 radical (unpaired) electrons. The third kappa shape index (κ3) is 3.23. The first kappa shape index (κ1) is 15.5. The first-order chi connectivity index (χ1) is 10.4. The van der Waals surface area contributed by atoms with Gasteiger partial charge in [0, 0.05) is 11.1 Å². The molecule has 0 saturated carbocycles. The maximum absolute atomic E-state index is 12.3. The molecule has 4 nitrogen and oxygen atoms in total. The molecular formula is C18H18N2O2. The van der Waals surface area contributed by atoms with E-state index in [1.54, 1.807) is 48.5 Å². The zero-order chi connectivity index (χ0) is 16.3. The number of Topliss-reactive ketones (excluding diaryl/α,β-unsaturated/α-hetero) is 2. The molecule has 112 valence electrons. The van der Waals surface area contributed by atoms with Gasteiger partial charge in [0.15, 0.2) is 0 Å². The minimum Gasteiger partial charge on any atom is -0.394 e. The van der Waals surface area contributed by atoms with Crippen LogP contribution < -0.4 is 11.5 Å². The number of rotatable bonds is 4. The number of ketones is 2. The number of aryl methyl sites for hydroxylation is 2. The van der Waals surface area contributed by atoms with Crippen LogP contribution >= 0.6 is 0 Å². The molecule has 22 heavy (non-hydrogen) atoms. The summed E-state index contributed by atoms with van der Waals surface area (Å²) in [5.41, 5.74) is 14.0. The van der Waals surface area contributed by atoms with E-state index in [1.165, 1.54) is 0 Å². The fraction of sp³-hybridized carbons (Fsp3) is 0.111. The number of benzene rings is 2. The van der Waals surface area contributed by atoms with Crippen molar-refractivity contribution in [2.75, 3.05) is 0 Å². The van der Waals surface area contributed by atoms with Crippen LogP contribution in [0.15, 0.2) is 59.9 Å². The van der Waals surface area contributed by atoms with Gasteiger partial charge in [-0.2, -0.15) is 0 Å². The minimum atomic E-state index is -0.446. The Hall–Kier alpha value is -2.88. The van der Waals surface area contributed by atoms with Crippen LogP contribution in [0.2, 0.25) is 0 Å². The van der Waals surface area contributed by atoms with Crippen LogP contribution in [0.4, 0.5) is 0 Å². The summed E-state index contributed by atoms with van der Waals surface area (Å²) in [7, 11) is 0. The molecule has 0 amide bonds. The van der Waals surface area contributed by atoms with Crippen LogP contribution in [0.5, 0.6) is 0 Å². The molecule has 0 aromatic heterocycles. The van der Waals surface area contributed by atoms with Gasteiger partial charge in [0.1, 0.15) is 11.4 Å². The third-order valence-corrected chi connectivity index (χ3v) is 3.41. The zero-order valence-corrected chi connectivity index (χ0v) is 12.6. The van der Waals surface area contributed by atoms with Crippen LogP contribution in [0.25, 0.3) is 0 Å². The summed E-state index contributed by atoms with van der Waals surface area (Å²) >= 11 is 0. The molecule has 2 rings (SSSR count). The molecule has 0 fully saturated rings. The lowest BCUT2D eigenvalue weighted by atomic mass is 10.0. The molecule has 2 aromatic carbocycles. The van der Waals surface area contributed by atoms with Crippen LogP contribution in [0.3, 0.4) is 0 Å². The summed E-state index contributed by atoms with van der Waals surface area (Å²) in [5.74, 6) is -0.893. The van der Waals surface area contributed by atoms with E-state index < -0.39 is 11.6 Å². The lowest BCUT2D eigenvalue weighted by Crippen LogP contribution is -2.24. The molecule has 0 spiro atoms. The van der Waals surface area contributed by atoms with Crippen LogP contribution in [-0.4, -0.2) is 11.6 Å². The van der Waals surface area contributed by atoms with Gasteiger partial charge in [0.05, 0.1) is 0 Å². The lowest BCUT2D eigenvalue weighted by molar-refractivity contribution is 0.0996. The standard InChI is InChI=1S/C18H18N2O2/c1-11-3-7-13(8-4-11)17(21)15(19)16(20)18(22)14-9-5-12(2)6-10-14/h3-10H,19-20H2,1-2H3/b16-15+. The molecule has 0 aliphatic carbocycles. The Balaban J connectivity index is 2.31. The van der Waals surface area contributed by atoms with Crippen molar-refractivity contribution < 1.29 is 9.59 Å². The first-order valence-electron chi connectivity index (χ1n) is 6.88. The largest absolute Gasteiger partial charge is 0.394 e. The van der Waals surface area contributed by atoms with Gasteiger partial charge in [-0.1, -0.05) is 59.7 Å². The molecule has 0 saturated heterocycles. The molecule has 0 aliphatic heterocycles. The van der Waals surface area contributed by atoms with Crippen molar-refractivity contribution in [3.05, 3.63) is 82.2 Å². The number of carbonyl (C=O) groups is 2. The van der Waals surface area contributed by atoms with E-state index in [-0.39, 0.29) is 11.4 Å². The highest BCUT2D eigenvalue weighted by atomic mass is 16.1. The summed E-state index contributed by atoms with van der Waals surface area (Å²) in [5, 5.41) is 0.